The summed E-state index contributed by atoms with van der Waals surface area (Å²) in [7, 11) is 0. The fourth-order valence-corrected chi connectivity index (χ4v) is 2.84. The number of aryl methyl sites for hydroxylation is 1. The van der Waals surface area contributed by atoms with Gasteiger partial charge in [-0.05, 0) is 13.3 Å². The van der Waals surface area contributed by atoms with Crippen LogP contribution in [0.4, 0.5) is 10.0 Å². The lowest BCUT2D eigenvalue weighted by atomic mass is 10.4. The van der Waals surface area contributed by atoms with Gasteiger partial charge in [-0.3, -0.25) is 0 Å². The zero-order valence-electron chi connectivity index (χ0n) is 13.0. The van der Waals surface area contributed by atoms with Crippen molar-refractivity contribution in [3.63, 3.8) is 0 Å². The molecule has 2 rings (SSSR count). The second-order valence-electron chi connectivity index (χ2n) is 3.98. The standard InChI is InChI=1S/2C6H9N3O2S/c1-2-11-6(10)4-5(9-7)12-3-8-4;1-2-3-8-4(6(10)11)5(9-7)12-3/h3,9H,2,7H2,1H3;9H,2,7H2,1H3,(H,10,11). The minimum Gasteiger partial charge on any atom is -0.476 e. The van der Waals surface area contributed by atoms with Crippen LogP contribution in [0.3, 0.4) is 0 Å². The number of hydrogen-bond donors (Lipinski definition) is 5. The molecule has 0 spiro atoms. The Morgan fingerprint density at radius 2 is 1.92 bits per heavy atom. The number of nitrogens with two attached hydrogens (primary N) is 2. The third-order valence-electron chi connectivity index (χ3n) is 2.47. The number of hydrazine groups is 2. The molecule has 132 valence electrons. The van der Waals surface area contributed by atoms with Crippen molar-refractivity contribution in [1.82, 2.24) is 9.97 Å². The minimum absolute atomic E-state index is 0.000602. The summed E-state index contributed by atoms with van der Waals surface area (Å²) >= 11 is 2.52. The van der Waals surface area contributed by atoms with E-state index >= 15 is 0 Å². The van der Waals surface area contributed by atoms with Crippen molar-refractivity contribution in [2.75, 3.05) is 17.5 Å². The lowest BCUT2D eigenvalue weighted by molar-refractivity contribution is 0.0521. The molecule has 0 amide bonds. The predicted molar refractivity (Wildman–Crippen MR) is 92.1 cm³/mol. The van der Waals surface area contributed by atoms with Gasteiger partial charge >= 0.3 is 11.9 Å². The second kappa shape index (κ2) is 9.77. The number of thiazole rings is 2. The number of carboxylic acids is 1. The Hall–Kier alpha value is -2.28. The Balaban J connectivity index is 0.000000240. The number of nitrogens with one attached hydrogen (secondary N) is 2. The van der Waals surface area contributed by atoms with Gasteiger partial charge in [0.2, 0.25) is 0 Å². The number of esters is 1. The number of nitrogens with zero attached hydrogens (tertiary/aromatic N) is 2. The fourth-order valence-electron chi connectivity index (χ4n) is 1.45. The molecule has 0 saturated carbocycles. The van der Waals surface area contributed by atoms with Crippen LogP contribution in [0.5, 0.6) is 0 Å². The van der Waals surface area contributed by atoms with Crippen molar-refractivity contribution in [2.24, 2.45) is 11.7 Å². The molecule has 0 aliphatic heterocycles. The highest BCUT2D eigenvalue weighted by molar-refractivity contribution is 7.16. The van der Waals surface area contributed by atoms with Crippen LogP contribution in [0.2, 0.25) is 0 Å². The van der Waals surface area contributed by atoms with Crippen LogP contribution in [0, 0.1) is 0 Å². The van der Waals surface area contributed by atoms with E-state index in [1.165, 1.54) is 28.2 Å². The second-order valence-corrected chi connectivity index (χ2v) is 5.92. The van der Waals surface area contributed by atoms with Crippen molar-refractivity contribution in [1.29, 1.82) is 0 Å². The summed E-state index contributed by atoms with van der Waals surface area (Å²) in [5.41, 5.74) is 6.45. The molecule has 2 aromatic heterocycles. The first-order valence-corrected chi connectivity index (χ1v) is 8.44. The number of rotatable bonds is 6. The van der Waals surface area contributed by atoms with Crippen LogP contribution in [0.15, 0.2) is 5.51 Å². The van der Waals surface area contributed by atoms with Crippen molar-refractivity contribution >= 4 is 44.6 Å². The molecule has 0 saturated heterocycles. The highest BCUT2D eigenvalue weighted by Gasteiger charge is 2.15. The molecular formula is C12H18N6O4S2. The summed E-state index contributed by atoms with van der Waals surface area (Å²) in [6.07, 6.45) is 0.715. The molecular weight excluding hydrogens is 356 g/mol. The fraction of sp³-hybridized carbons (Fsp3) is 0.333. The van der Waals surface area contributed by atoms with E-state index in [9.17, 15) is 9.59 Å². The van der Waals surface area contributed by atoms with E-state index in [4.69, 9.17) is 21.5 Å². The molecule has 7 N–H and O–H groups in total. The van der Waals surface area contributed by atoms with E-state index in [2.05, 4.69) is 20.8 Å². The topological polar surface area (TPSA) is 165 Å². The number of nitrogen functional groups attached to an aromatic ring is 2. The summed E-state index contributed by atoms with van der Waals surface area (Å²) < 4.78 is 4.74. The Bertz CT molecular complexity index is 687. The molecule has 0 atom stereocenters. The van der Waals surface area contributed by atoms with Gasteiger partial charge in [-0.2, -0.15) is 0 Å². The predicted octanol–water partition coefficient (Wildman–Crippen LogP) is 1.29. The number of aromatic nitrogens is 2. The number of hydrogen-bond acceptors (Lipinski definition) is 11. The van der Waals surface area contributed by atoms with Crippen LogP contribution in [-0.2, 0) is 11.2 Å². The Labute approximate surface area is 145 Å². The van der Waals surface area contributed by atoms with E-state index in [0.29, 0.717) is 23.0 Å². The molecule has 0 bridgehead atoms. The smallest absolute Gasteiger partial charge is 0.360 e. The number of anilines is 2. The lowest BCUT2D eigenvalue weighted by Gasteiger charge is -1.99. The van der Waals surface area contributed by atoms with Gasteiger partial charge in [-0.1, -0.05) is 18.3 Å². The number of carbonyl (C=O) groups excluding carboxylic acids is 1. The molecule has 12 heteroatoms. The zero-order chi connectivity index (χ0) is 18.1. The van der Waals surface area contributed by atoms with Gasteiger partial charge in [-0.15, -0.1) is 11.3 Å². The van der Waals surface area contributed by atoms with Crippen molar-refractivity contribution in [3.8, 4) is 0 Å². The first-order chi connectivity index (χ1) is 11.5. The van der Waals surface area contributed by atoms with E-state index in [1.54, 1.807) is 6.92 Å². The summed E-state index contributed by atoms with van der Waals surface area (Å²) in [6, 6.07) is 0. The molecule has 0 fully saturated rings. The van der Waals surface area contributed by atoms with Crippen LogP contribution >= 0.6 is 22.7 Å². The monoisotopic (exact) mass is 374 g/mol. The van der Waals surface area contributed by atoms with E-state index in [-0.39, 0.29) is 11.4 Å². The Morgan fingerprint density at radius 1 is 1.25 bits per heavy atom. The third-order valence-corrected chi connectivity index (χ3v) is 4.36. The summed E-state index contributed by atoms with van der Waals surface area (Å²) in [6.45, 7) is 3.98. The highest BCUT2D eigenvalue weighted by atomic mass is 32.1. The first kappa shape index (κ1) is 19.8. The Kier molecular flexibility index (Phi) is 8.05. The molecule has 0 radical (unpaired) electrons. The third kappa shape index (κ3) is 5.13. The SMILES string of the molecule is CCOC(=O)c1ncsc1NN.CCc1nc(C(=O)O)c(NN)s1. The average molecular weight is 374 g/mol. The zero-order valence-corrected chi connectivity index (χ0v) is 14.7. The van der Waals surface area contributed by atoms with Crippen LogP contribution in [-0.4, -0.2) is 33.6 Å². The summed E-state index contributed by atoms with van der Waals surface area (Å²) in [4.78, 5) is 29.4. The van der Waals surface area contributed by atoms with Crippen LogP contribution < -0.4 is 22.5 Å². The number of carboxylic acid groups (broad SMARTS) is 1. The van der Waals surface area contributed by atoms with E-state index in [0.717, 1.165) is 5.01 Å². The maximum absolute atomic E-state index is 11.1. The quantitative estimate of drug-likeness (QED) is 0.282. The maximum Gasteiger partial charge on any atom is 0.360 e. The normalized spacial score (nSPS) is 9.67. The summed E-state index contributed by atoms with van der Waals surface area (Å²) in [5.74, 6) is 8.75. The van der Waals surface area contributed by atoms with Crippen molar-refractivity contribution < 1.29 is 19.4 Å². The van der Waals surface area contributed by atoms with Gasteiger partial charge in [0, 0.05) is 0 Å². The number of carbonyl (C=O) groups is 2. The molecule has 2 heterocycles. The number of aromatic carboxylic acids is 1. The highest BCUT2D eigenvalue weighted by Crippen LogP contribution is 2.23. The van der Waals surface area contributed by atoms with Gasteiger partial charge in [0.05, 0.1) is 17.1 Å². The van der Waals surface area contributed by atoms with E-state index in [1.807, 2.05) is 6.92 Å². The van der Waals surface area contributed by atoms with Crippen LogP contribution in [0.1, 0.15) is 39.8 Å². The molecule has 0 unspecified atom stereocenters. The molecule has 2 aromatic rings. The molecule has 24 heavy (non-hydrogen) atoms. The van der Waals surface area contributed by atoms with Gasteiger partial charge < -0.3 is 20.7 Å². The van der Waals surface area contributed by atoms with Gasteiger partial charge in [0.25, 0.3) is 0 Å². The molecule has 0 aliphatic rings. The largest absolute Gasteiger partial charge is 0.476 e. The maximum atomic E-state index is 11.1. The lowest BCUT2D eigenvalue weighted by Crippen LogP contribution is -2.12. The van der Waals surface area contributed by atoms with Crippen molar-refractivity contribution in [2.45, 2.75) is 20.3 Å². The summed E-state index contributed by atoms with van der Waals surface area (Å²) in [5, 5.41) is 10.3. The van der Waals surface area contributed by atoms with Gasteiger partial charge in [0.1, 0.15) is 10.0 Å². The van der Waals surface area contributed by atoms with E-state index < -0.39 is 11.9 Å². The first-order valence-electron chi connectivity index (χ1n) is 6.75. The number of ether oxygens (including phenoxy) is 1. The van der Waals surface area contributed by atoms with Crippen LogP contribution in [0.25, 0.3) is 0 Å². The minimum atomic E-state index is -1.06. The van der Waals surface area contributed by atoms with Crippen molar-refractivity contribution in [3.05, 3.63) is 21.9 Å². The average Bonchev–Trinajstić information content (AvgIpc) is 3.21. The molecule has 0 aromatic carbocycles. The molecule has 10 nitrogen and oxygen atoms in total. The Morgan fingerprint density at radius 3 is 2.38 bits per heavy atom. The van der Waals surface area contributed by atoms with Gasteiger partial charge in [0.15, 0.2) is 11.4 Å². The van der Waals surface area contributed by atoms with Gasteiger partial charge in [-0.25, -0.2) is 31.2 Å². The molecule has 0 aliphatic carbocycles.